The minimum Gasteiger partial charge on any atom is -0.355 e. The van der Waals surface area contributed by atoms with Crippen LogP contribution in [0.1, 0.15) is 20.8 Å². The molecule has 0 saturated carbocycles. The molecule has 1 fully saturated rings. The average molecular weight is 238 g/mol. The highest BCUT2D eigenvalue weighted by molar-refractivity contribution is 5.81. The first-order chi connectivity index (χ1) is 8.10. The number of hydrogen-bond donors (Lipinski definition) is 1. The number of nitriles is 1. The molecule has 1 rings (SSSR count). The van der Waals surface area contributed by atoms with Crippen LogP contribution in [-0.2, 0) is 4.79 Å². The molecule has 0 radical (unpaired) electrons. The van der Waals surface area contributed by atoms with E-state index in [9.17, 15) is 4.79 Å². The molecule has 1 heterocycles. The van der Waals surface area contributed by atoms with E-state index in [0.29, 0.717) is 6.54 Å². The molecule has 0 aliphatic carbocycles. The van der Waals surface area contributed by atoms with Crippen LogP contribution in [0.2, 0.25) is 0 Å². The van der Waals surface area contributed by atoms with Gasteiger partial charge in [0.05, 0.1) is 18.2 Å². The zero-order chi connectivity index (χ0) is 12.8. The molecule has 2 unspecified atom stereocenters. The van der Waals surface area contributed by atoms with Crippen LogP contribution in [0.15, 0.2) is 0 Å². The van der Waals surface area contributed by atoms with Gasteiger partial charge in [0, 0.05) is 32.7 Å². The van der Waals surface area contributed by atoms with Gasteiger partial charge in [-0.1, -0.05) is 0 Å². The monoisotopic (exact) mass is 238 g/mol. The van der Waals surface area contributed by atoms with Crippen molar-refractivity contribution in [2.75, 3.05) is 32.7 Å². The topological polar surface area (TPSA) is 59.4 Å². The molecule has 5 heteroatoms. The van der Waals surface area contributed by atoms with Crippen molar-refractivity contribution >= 4 is 5.91 Å². The number of amides is 1. The van der Waals surface area contributed by atoms with Gasteiger partial charge >= 0.3 is 0 Å². The minimum absolute atomic E-state index is 0.0306. The maximum absolute atomic E-state index is 11.7. The van der Waals surface area contributed by atoms with Crippen molar-refractivity contribution in [3.05, 3.63) is 0 Å². The summed E-state index contributed by atoms with van der Waals surface area (Å²) in [6.07, 6.45) is 0. The smallest absolute Gasteiger partial charge is 0.237 e. The fraction of sp³-hybridized carbons (Fsp3) is 0.833. The average Bonchev–Trinajstić information content (AvgIpc) is 2.37. The van der Waals surface area contributed by atoms with E-state index >= 15 is 0 Å². The Balaban J connectivity index is 2.41. The molecular weight excluding hydrogens is 216 g/mol. The Kier molecular flexibility index (Phi) is 5.39. The molecule has 1 amide bonds. The molecule has 1 N–H and O–H groups in total. The summed E-state index contributed by atoms with van der Waals surface area (Å²) in [5, 5.41) is 11.7. The molecular formula is C12H22N4O. The second-order valence-corrected chi connectivity index (χ2v) is 4.45. The van der Waals surface area contributed by atoms with E-state index in [0.717, 1.165) is 26.2 Å². The highest BCUT2D eigenvalue weighted by atomic mass is 16.2. The van der Waals surface area contributed by atoms with Crippen LogP contribution in [-0.4, -0.2) is 60.5 Å². The quantitative estimate of drug-likeness (QED) is 0.751. The van der Waals surface area contributed by atoms with Crippen molar-refractivity contribution in [2.45, 2.75) is 32.9 Å². The molecule has 0 aromatic rings. The van der Waals surface area contributed by atoms with E-state index in [1.165, 1.54) is 0 Å². The van der Waals surface area contributed by atoms with Crippen molar-refractivity contribution in [2.24, 2.45) is 0 Å². The number of hydrogen-bond acceptors (Lipinski definition) is 4. The number of nitrogens with one attached hydrogen (secondary N) is 1. The van der Waals surface area contributed by atoms with Crippen molar-refractivity contribution in [1.29, 1.82) is 5.26 Å². The zero-order valence-electron chi connectivity index (χ0n) is 10.9. The molecule has 1 aliphatic heterocycles. The lowest BCUT2D eigenvalue weighted by Gasteiger charge is -2.38. The molecule has 2 atom stereocenters. The first-order valence-corrected chi connectivity index (χ1v) is 6.25. The van der Waals surface area contributed by atoms with Gasteiger partial charge in [-0.15, -0.1) is 0 Å². The van der Waals surface area contributed by atoms with Gasteiger partial charge in [0.25, 0.3) is 0 Å². The number of carbonyl (C=O) groups is 1. The molecule has 1 saturated heterocycles. The third-order valence-electron chi connectivity index (χ3n) is 3.36. The summed E-state index contributed by atoms with van der Waals surface area (Å²) in [6.45, 7) is 9.88. The Morgan fingerprint density at radius 2 is 1.82 bits per heavy atom. The van der Waals surface area contributed by atoms with Crippen LogP contribution < -0.4 is 5.32 Å². The summed E-state index contributed by atoms with van der Waals surface area (Å²) in [6, 6.07) is 2.14. The second kappa shape index (κ2) is 6.58. The van der Waals surface area contributed by atoms with Gasteiger partial charge in [-0.05, 0) is 20.8 Å². The van der Waals surface area contributed by atoms with Crippen LogP contribution in [0.3, 0.4) is 0 Å². The van der Waals surface area contributed by atoms with Crippen molar-refractivity contribution in [3.8, 4) is 6.07 Å². The van der Waals surface area contributed by atoms with E-state index in [-0.39, 0.29) is 18.0 Å². The van der Waals surface area contributed by atoms with Gasteiger partial charge in [0.15, 0.2) is 0 Å². The number of likely N-dealkylation sites (N-methyl/N-ethyl adjacent to an activating group) is 1. The van der Waals surface area contributed by atoms with E-state index in [4.69, 9.17) is 5.26 Å². The van der Waals surface area contributed by atoms with Gasteiger partial charge in [-0.2, -0.15) is 5.26 Å². The molecule has 5 nitrogen and oxygen atoms in total. The largest absolute Gasteiger partial charge is 0.355 e. The first-order valence-electron chi connectivity index (χ1n) is 6.25. The Morgan fingerprint density at radius 1 is 1.29 bits per heavy atom. The molecule has 0 bridgehead atoms. The molecule has 0 aromatic heterocycles. The van der Waals surface area contributed by atoms with Crippen LogP contribution in [0, 0.1) is 11.3 Å². The van der Waals surface area contributed by atoms with Crippen LogP contribution in [0.25, 0.3) is 0 Å². The first kappa shape index (κ1) is 13.9. The third-order valence-corrected chi connectivity index (χ3v) is 3.36. The Morgan fingerprint density at radius 3 is 2.29 bits per heavy atom. The van der Waals surface area contributed by atoms with Gasteiger partial charge in [0.1, 0.15) is 0 Å². The van der Waals surface area contributed by atoms with E-state index < -0.39 is 0 Å². The number of nitrogens with zero attached hydrogens (tertiary/aromatic N) is 3. The Labute approximate surface area is 103 Å². The number of carbonyl (C=O) groups excluding carboxylic acids is 1. The van der Waals surface area contributed by atoms with Gasteiger partial charge in [0.2, 0.25) is 5.91 Å². The molecule has 96 valence electrons. The maximum Gasteiger partial charge on any atom is 0.237 e. The van der Waals surface area contributed by atoms with Crippen molar-refractivity contribution in [1.82, 2.24) is 15.1 Å². The highest BCUT2D eigenvalue weighted by Crippen LogP contribution is 2.09. The van der Waals surface area contributed by atoms with Gasteiger partial charge in [-0.25, -0.2) is 0 Å². The molecule has 0 spiro atoms. The van der Waals surface area contributed by atoms with E-state index in [2.05, 4.69) is 21.2 Å². The molecule has 0 aromatic carbocycles. The predicted octanol–water partition coefficient (Wildman–Crippen LogP) is 0.0407. The number of rotatable bonds is 4. The van der Waals surface area contributed by atoms with Gasteiger partial charge in [-0.3, -0.25) is 14.6 Å². The lowest BCUT2D eigenvalue weighted by molar-refractivity contribution is -0.126. The summed E-state index contributed by atoms with van der Waals surface area (Å²) in [5.74, 6) is 0.0919. The standard InChI is InChI=1S/C12H22N4O/c1-4-14-12(17)11(3)16-7-5-15(6-8-16)10(2)9-13/h10-11H,4-8H2,1-3H3,(H,14,17). The number of piperazine rings is 1. The summed E-state index contributed by atoms with van der Waals surface area (Å²) < 4.78 is 0. The summed E-state index contributed by atoms with van der Waals surface area (Å²) >= 11 is 0. The summed E-state index contributed by atoms with van der Waals surface area (Å²) in [4.78, 5) is 16.0. The van der Waals surface area contributed by atoms with E-state index in [1.54, 1.807) is 0 Å². The fourth-order valence-electron chi connectivity index (χ4n) is 2.08. The zero-order valence-corrected chi connectivity index (χ0v) is 10.9. The molecule has 1 aliphatic rings. The lowest BCUT2D eigenvalue weighted by Crippen LogP contribution is -2.55. The van der Waals surface area contributed by atoms with Crippen LogP contribution in [0.4, 0.5) is 0 Å². The van der Waals surface area contributed by atoms with Crippen molar-refractivity contribution < 1.29 is 4.79 Å². The van der Waals surface area contributed by atoms with Crippen LogP contribution >= 0.6 is 0 Å². The minimum atomic E-state index is -0.0745. The maximum atomic E-state index is 11.7. The van der Waals surface area contributed by atoms with Crippen LogP contribution in [0.5, 0.6) is 0 Å². The SMILES string of the molecule is CCNC(=O)C(C)N1CCN(C(C)C#N)CC1. The predicted molar refractivity (Wildman–Crippen MR) is 66.4 cm³/mol. The normalized spacial score (nSPS) is 21.5. The molecule has 17 heavy (non-hydrogen) atoms. The third kappa shape index (κ3) is 3.69. The van der Waals surface area contributed by atoms with E-state index in [1.807, 2.05) is 20.8 Å². The summed E-state index contributed by atoms with van der Waals surface area (Å²) in [5.41, 5.74) is 0. The van der Waals surface area contributed by atoms with Crippen molar-refractivity contribution in [3.63, 3.8) is 0 Å². The highest BCUT2D eigenvalue weighted by Gasteiger charge is 2.26. The Bertz CT molecular complexity index is 291. The summed E-state index contributed by atoms with van der Waals surface area (Å²) in [7, 11) is 0. The lowest BCUT2D eigenvalue weighted by atomic mass is 10.2. The fourth-order valence-corrected chi connectivity index (χ4v) is 2.08. The second-order valence-electron chi connectivity index (χ2n) is 4.45. The van der Waals surface area contributed by atoms with Gasteiger partial charge < -0.3 is 5.32 Å². The Hall–Kier alpha value is -1.12.